The molecule has 192 valence electrons. The number of nitrogens with one attached hydrogen (secondary N) is 1. The summed E-state index contributed by atoms with van der Waals surface area (Å²) in [7, 11) is 0. The Kier molecular flexibility index (Phi) is 9.15. The number of carbonyl (C=O) groups excluding carboxylic acids is 1. The van der Waals surface area contributed by atoms with E-state index in [9.17, 15) is 4.79 Å². The van der Waals surface area contributed by atoms with Gasteiger partial charge in [-0.3, -0.25) is 9.36 Å². The average molecular weight is 595 g/mol. The lowest BCUT2D eigenvalue weighted by Crippen LogP contribution is -2.15. The first-order chi connectivity index (χ1) is 17.7. The van der Waals surface area contributed by atoms with E-state index in [1.54, 1.807) is 24.3 Å². The minimum Gasteiger partial charge on any atom is -0.486 e. The van der Waals surface area contributed by atoms with Crippen molar-refractivity contribution in [2.75, 3.05) is 11.1 Å². The molecule has 1 amide bonds. The number of hydrogen-bond donors (Lipinski definition) is 1. The van der Waals surface area contributed by atoms with Crippen molar-refractivity contribution in [3.8, 4) is 17.0 Å². The van der Waals surface area contributed by atoms with Crippen molar-refractivity contribution in [2.45, 2.75) is 32.2 Å². The monoisotopic (exact) mass is 593 g/mol. The minimum atomic E-state index is -0.217. The van der Waals surface area contributed by atoms with Gasteiger partial charge in [-0.25, -0.2) is 4.98 Å². The molecule has 2 heterocycles. The van der Waals surface area contributed by atoms with Gasteiger partial charge >= 0.3 is 0 Å². The molecule has 2 aromatic carbocycles. The lowest BCUT2D eigenvalue weighted by atomic mass is 10.1. The normalized spacial score (nSPS) is 10.9. The Bertz CT molecular complexity index is 1430. The van der Waals surface area contributed by atoms with E-state index in [2.05, 4.69) is 27.1 Å². The van der Waals surface area contributed by atoms with Gasteiger partial charge in [0.1, 0.15) is 12.4 Å². The third-order valence-corrected chi connectivity index (χ3v) is 8.04. The van der Waals surface area contributed by atoms with Gasteiger partial charge in [0.05, 0.1) is 16.5 Å². The number of anilines is 1. The van der Waals surface area contributed by atoms with Crippen molar-refractivity contribution < 1.29 is 9.53 Å². The zero-order chi connectivity index (χ0) is 26.5. The third-order valence-electron chi connectivity index (χ3n) is 5.17. The maximum atomic E-state index is 12.6. The van der Waals surface area contributed by atoms with Crippen molar-refractivity contribution in [1.29, 1.82) is 0 Å². The second kappa shape index (κ2) is 12.3. The van der Waals surface area contributed by atoms with Crippen LogP contribution in [0.3, 0.4) is 0 Å². The third kappa shape index (κ3) is 6.86. The van der Waals surface area contributed by atoms with E-state index in [-0.39, 0.29) is 18.3 Å². The number of nitrogens with zero attached hydrogens (tertiary/aromatic N) is 4. The summed E-state index contributed by atoms with van der Waals surface area (Å²) < 4.78 is 7.80. The first kappa shape index (κ1) is 27.5. The molecule has 4 rings (SSSR count). The van der Waals surface area contributed by atoms with E-state index in [1.165, 1.54) is 23.1 Å². The quantitative estimate of drug-likeness (QED) is 0.151. The standard InChI is InChI=1S/C25H22Cl3N5O2S2/c1-4-7-33-21(11-35-17-8-14(2)23(28)15(3)9-17)31-32-25(33)37-13-22(34)30-24-29-20(12-36-24)18-6-5-16(26)10-19(18)27/h4-6,8-10,12H,1,7,11,13H2,2-3H3,(H,29,30,34). The number of halogens is 3. The highest BCUT2D eigenvalue weighted by Gasteiger charge is 2.16. The number of thiazole rings is 1. The van der Waals surface area contributed by atoms with E-state index >= 15 is 0 Å². The van der Waals surface area contributed by atoms with Crippen LogP contribution in [0.25, 0.3) is 11.3 Å². The van der Waals surface area contributed by atoms with E-state index in [0.717, 1.165) is 21.7 Å². The van der Waals surface area contributed by atoms with Gasteiger partial charge < -0.3 is 10.1 Å². The Morgan fingerprint density at radius 2 is 1.95 bits per heavy atom. The molecule has 12 heteroatoms. The van der Waals surface area contributed by atoms with Crippen LogP contribution < -0.4 is 10.1 Å². The van der Waals surface area contributed by atoms with Gasteiger partial charge in [-0.2, -0.15) is 0 Å². The summed E-state index contributed by atoms with van der Waals surface area (Å²) in [5.74, 6) is 1.23. The van der Waals surface area contributed by atoms with Crippen LogP contribution in [-0.4, -0.2) is 31.4 Å². The molecule has 4 aromatic rings. The molecule has 0 saturated carbocycles. The number of rotatable bonds is 10. The second-order valence-electron chi connectivity index (χ2n) is 7.96. The zero-order valence-electron chi connectivity index (χ0n) is 19.9. The molecule has 2 aromatic heterocycles. The molecular formula is C25H22Cl3N5O2S2. The number of aromatic nitrogens is 4. The molecular weight excluding hydrogens is 573 g/mol. The fourth-order valence-electron chi connectivity index (χ4n) is 3.42. The van der Waals surface area contributed by atoms with Gasteiger partial charge in [0.15, 0.2) is 16.1 Å². The number of benzene rings is 2. The number of amides is 1. The van der Waals surface area contributed by atoms with Crippen molar-refractivity contribution >= 4 is 68.9 Å². The number of carbonyl (C=O) groups is 1. The Labute approximate surface area is 237 Å². The maximum Gasteiger partial charge on any atom is 0.236 e. The second-order valence-corrected chi connectivity index (χ2v) is 11.0. The Morgan fingerprint density at radius 3 is 2.65 bits per heavy atom. The summed E-state index contributed by atoms with van der Waals surface area (Å²) in [6.45, 7) is 8.37. The summed E-state index contributed by atoms with van der Waals surface area (Å²) in [4.78, 5) is 17.1. The predicted octanol–water partition coefficient (Wildman–Crippen LogP) is 7.47. The number of hydrogen-bond acceptors (Lipinski definition) is 7. The van der Waals surface area contributed by atoms with E-state index < -0.39 is 0 Å². The van der Waals surface area contributed by atoms with Gasteiger partial charge in [-0.15, -0.1) is 28.1 Å². The molecule has 0 aliphatic rings. The lowest BCUT2D eigenvalue weighted by molar-refractivity contribution is -0.113. The molecule has 37 heavy (non-hydrogen) atoms. The largest absolute Gasteiger partial charge is 0.486 e. The van der Waals surface area contributed by atoms with Crippen molar-refractivity contribution in [3.63, 3.8) is 0 Å². The van der Waals surface area contributed by atoms with Crippen LogP contribution in [0.15, 0.2) is 53.5 Å². The van der Waals surface area contributed by atoms with Gasteiger partial charge in [-0.1, -0.05) is 52.6 Å². The first-order valence-electron chi connectivity index (χ1n) is 11.0. The van der Waals surface area contributed by atoms with Crippen LogP contribution in [0.2, 0.25) is 15.1 Å². The number of ether oxygens (including phenoxy) is 1. The highest BCUT2D eigenvalue weighted by Crippen LogP contribution is 2.32. The summed E-state index contributed by atoms with van der Waals surface area (Å²) in [5.41, 5.74) is 3.29. The van der Waals surface area contributed by atoms with Crippen LogP contribution in [0.1, 0.15) is 17.0 Å². The molecule has 0 bridgehead atoms. The minimum absolute atomic E-state index is 0.127. The SMILES string of the molecule is C=CCn1c(COc2cc(C)c(Cl)c(C)c2)nnc1SCC(=O)Nc1nc(-c2ccc(Cl)cc2Cl)cs1. The van der Waals surface area contributed by atoms with Crippen LogP contribution in [0.5, 0.6) is 5.75 Å². The van der Waals surface area contributed by atoms with Gasteiger partial charge in [-0.05, 0) is 55.3 Å². The molecule has 0 unspecified atom stereocenters. The van der Waals surface area contributed by atoms with E-state index in [0.29, 0.717) is 44.1 Å². The number of thioether (sulfide) groups is 1. The summed E-state index contributed by atoms with van der Waals surface area (Å²) in [6, 6.07) is 8.96. The lowest BCUT2D eigenvalue weighted by Gasteiger charge is -2.11. The Morgan fingerprint density at radius 1 is 1.19 bits per heavy atom. The topological polar surface area (TPSA) is 81.9 Å². The Balaban J connectivity index is 1.37. The van der Waals surface area contributed by atoms with Crippen molar-refractivity contribution in [2.24, 2.45) is 0 Å². The maximum absolute atomic E-state index is 12.6. The van der Waals surface area contributed by atoms with Crippen molar-refractivity contribution in [1.82, 2.24) is 19.7 Å². The fraction of sp³-hybridized carbons (Fsp3) is 0.200. The van der Waals surface area contributed by atoms with Gasteiger partial charge in [0.2, 0.25) is 5.91 Å². The molecule has 0 radical (unpaired) electrons. The van der Waals surface area contributed by atoms with Crippen molar-refractivity contribution in [3.05, 3.63) is 80.4 Å². The van der Waals surface area contributed by atoms with Crippen LogP contribution in [0.4, 0.5) is 5.13 Å². The molecule has 7 nitrogen and oxygen atoms in total. The van der Waals surface area contributed by atoms with Crippen LogP contribution in [-0.2, 0) is 17.9 Å². The first-order valence-corrected chi connectivity index (χ1v) is 14.0. The molecule has 0 aliphatic heterocycles. The molecule has 0 aliphatic carbocycles. The molecule has 1 N–H and O–H groups in total. The van der Waals surface area contributed by atoms with E-state index in [4.69, 9.17) is 39.5 Å². The molecule has 0 fully saturated rings. The number of allylic oxidation sites excluding steroid dienone is 1. The molecule has 0 spiro atoms. The fourth-order valence-corrected chi connectivity index (χ4v) is 5.53. The smallest absolute Gasteiger partial charge is 0.236 e. The van der Waals surface area contributed by atoms with Crippen LogP contribution >= 0.6 is 57.9 Å². The summed E-state index contributed by atoms with van der Waals surface area (Å²) in [6.07, 6.45) is 1.74. The predicted molar refractivity (Wildman–Crippen MR) is 152 cm³/mol. The number of aryl methyl sites for hydroxylation is 2. The highest BCUT2D eigenvalue weighted by atomic mass is 35.5. The highest BCUT2D eigenvalue weighted by molar-refractivity contribution is 7.99. The van der Waals surface area contributed by atoms with Gasteiger partial charge in [0.25, 0.3) is 0 Å². The summed E-state index contributed by atoms with van der Waals surface area (Å²) in [5, 5.41) is 16.0. The molecule has 0 saturated heterocycles. The van der Waals surface area contributed by atoms with Crippen LogP contribution in [0, 0.1) is 13.8 Å². The zero-order valence-corrected chi connectivity index (χ0v) is 23.8. The van der Waals surface area contributed by atoms with Gasteiger partial charge in [0, 0.05) is 27.5 Å². The van der Waals surface area contributed by atoms with E-state index in [1.807, 2.05) is 35.9 Å². The Hall–Kier alpha value is -2.56. The average Bonchev–Trinajstić information content (AvgIpc) is 3.47. The summed E-state index contributed by atoms with van der Waals surface area (Å²) >= 11 is 21.1. The molecule has 0 atom stereocenters.